The van der Waals surface area contributed by atoms with Gasteiger partial charge in [-0.2, -0.15) is 0 Å². The second-order valence-electron chi connectivity index (χ2n) is 4.67. The summed E-state index contributed by atoms with van der Waals surface area (Å²) in [5.41, 5.74) is 1.65. The van der Waals surface area contributed by atoms with E-state index in [4.69, 9.17) is 4.42 Å². The number of pyridine rings is 1. The highest BCUT2D eigenvalue weighted by Gasteiger charge is 2.12. The van der Waals surface area contributed by atoms with Crippen molar-refractivity contribution in [3.63, 3.8) is 0 Å². The maximum absolute atomic E-state index is 12.1. The number of anilines is 1. The summed E-state index contributed by atoms with van der Waals surface area (Å²) in [7, 11) is 0. The van der Waals surface area contributed by atoms with Gasteiger partial charge in [-0.1, -0.05) is 11.6 Å². The number of fused-ring (bicyclic) bond motifs is 1. The van der Waals surface area contributed by atoms with E-state index >= 15 is 0 Å². The predicted octanol–water partition coefficient (Wildman–Crippen LogP) is 2.75. The van der Waals surface area contributed by atoms with Crippen LogP contribution in [-0.4, -0.2) is 10.9 Å². The molecular formula is C16H12N2O3. The lowest BCUT2D eigenvalue weighted by molar-refractivity contribution is 0.0997. The Labute approximate surface area is 120 Å². The molecule has 5 nitrogen and oxygen atoms in total. The standard InChI is InChI=1S/C16H12N2O3/c1-10-4-5-14-12(7-10)13(19)8-15(21-14)16(20)18-11-3-2-6-17-9-11/h2-9H,1H3,(H,18,20). The van der Waals surface area contributed by atoms with Gasteiger partial charge in [0, 0.05) is 12.3 Å². The van der Waals surface area contributed by atoms with E-state index in [9.17, 15) is 9.59 Å². The molecule has 2 aromatic heterocycles. The van der Waals surface area contributed by atoms with Crippen molar-refractivity contribution in [3.8, 4) is 0 Å². The van der Waals surface area contributed by atoms with Gasteiger partial charge in [0.25, 0.3) is 5.91 Å². The van der Waals surface area contributed by atoms with Gasteiger partial charge in [-0.05, 0) is 31.2 Å². The van der Waals surface area contributed by atoms with Gasteiger partial charge in [0.15, 0.2) is 11.2 Å². The van der Waals surface area contributed by atoms with E-state index < -0.39 is 5.91 Å². The first-order valence-electron chi connectivity index (χ1n) is 6.39. The molecule has 1 amide bonds. The fourth-order valence-corrected chi connectivity index (χ4v) is 2.01. The molecular weight excluding hydrogens is 268 g/mol. The van der Waals surface area contributed by atoms with E-state index in [1.807, 2.05) is 13.0 Å². The number of hydrogen-bond acceptors (Lipinski definition) is 4. The predicted molar refractivity (Wildman–Crippen MR) is 79.4 cm³/mol. The van der Waals surface area contributed by atoms with Crippen molar-refractivity contribution in [2.45, 2.75) is 6.92 Å². The van der Waals surface area contributed by atoms with Crippen LogP contribution >= 0.6 is 0 Å². The van der Waals surface area contributed by atoms with Crippen LogP contribution in [-0.2, 0) is 0 Å². The number of amides is 1. The van der Waals surface area contributed by atoms with Crippen LogP contribution in [0.5, 0.6) is 0 Å². The van der Waals surface area contributed by atoms with Gasteiger partial charge in [0.2, 0.25) is 0 Å². The highest BCUT2D eigenvalue weighted by atomic mass is 16.3. The highest BCUT2D eigenvalue weighted by Crippen LogP contribution is 2.15. The van der Waals surface area contributed by atoms with E-state index in [-0.39, 0.29) is 11.2 Å². The third-order valence-electron chi connectivity index (χ3n) is 3.03. The number of hydrogen-bond donors (Lipinski definition) is 1. The minimum Gasteiger partial charge on any atom is -0.451 e. The van der Waals surface area contributed by atoms with Gasteiger partial charge in [0.1, 0.15) is 5.58 Å². The topological polar surface area (TPSA) is 72.2 Å². The quantitative estimate of drug-likeness (QED) is 0.783. The Morgan fingerprint density at radius 1 is 1.24 bits per heavy atom. The van der Waals surface area contributed by atoms with Crippen molar-refractivity contribution in [2.75, 3.05) is 5.32 Å². The average Bonchev–Trinajstić information content (AvgIpc) is 2.49. The molecule has 0 spiro atoms. The third kappa shape index (κ3) is 2.67. The summed E-state index contributed by atoms with van der Waals surface area (Å²) in [5, 5.41) is 3.09. The fraction of sp³-hybridized carbons (Fsp3) is 0.0625. The Bertz CT molecular complexity index is 870. The van der Waals surface area contributed by atoms with E-state index in [0.29, 0.717) is 16.7 Å². The van der Waals surface area contributed by atoms with Gasteiger partial charge in [-0.25, -0.2) is 0 Å². The average molecular weight is 280 g/mol. The molecule has 0 aliphatic carbocycles. The van der Waals surface area contributed by atoms with Gasteiger partial charge in [-0.3, -0.25) is 14.6 Å². The summed E-state index contributed by atoms with van der Waals surface area (Å²) in [5.74, 6) is -0.511. The van der Waals surface area contributed by atoms with Gasteiger partial charge >= 0.3 is 0 Å². The zero-order valence-electron chi connectivity index (χ0n) is 11.3. The third-order valence-corrected chi connectivity index (χ3v) is 3.03. The molecule has 0 unspecified atom stereocenters. The molecule has 3 aromatic rings. The molecule has 104 valence electrons. The number of nitrogens with one attached hydrogen (secondary N) is 1. The second-order valence-corrected chi connectivity index (χ2v) is 4.67. The Kier molecular flexibility index (Phi) is 3.23. The van der Waals surface area contributed by atoms with E-state index in [1.54, 1.807) is 30.5 Å². The van der Waals surface area contributed by atoms with Gasteiger partial charge in [0.05, 0.1) is 17.3 Å². The number of carbonyl (C=O) groups is 1. The van der Waals surface area contributed by atoms with E-state index in [0.717, 1.165) is 5.56 Å². The molecule has 0 radical (unpaired) electrons. The Morgan fingerprint density at radius 2 is 2.10 bits per heavy atom. The fourth-order valence-electron chi connectivity index (χ4n) is 2.01. The summed E-state index contributed by atoms with van der Waals surface area (Å²) in [4.78, 5) is 28.1. The summed E-state index contributed by atoms with van der Waals surface area (Å²) < 4.78 is 5.50. The molecule has 0 aliphatic heterocycles. The molecule has 3 rings (SSSR count). The van der Waals surface area contributed by atoms with Gasteiger partial charge < -0.3 is 9.73 Å². The molecule has 0 saturated carbocycles. The smallest absolute Gasteiger partial charge is 0.291 e. The lowest BCUT2D eigenvalue weighted by Gasteiger charge is -2.05. The van der Waals surface area contributed by atoms with Crippen LogP contribution in [0.2, 0.25) is 0 Å². The van der Waals surface area contributed by atoms with Crippen molar-refractivity contribution < 1.29 is 9.21 Å². The number of aryl methyl sites for hydroxylation is 1. The van der Waals surface area contributed by atoms with E-state index in [1.165, 1.54) is 12.3 Å². The number of aromatic nitrogens is 1. The lowest BCUT2D eigenvalue weighted by atomic mass is 10.1. The first kappa shape index (κ1) is 13.1. The van der Waals surface area contributed by atoms with Crippen molar-refractivity contribution >= 4 is 22.6 Å². The van der Waals surface area contributed by atoms with Crippen molar-refractivity contribution in [1.29, 1.82) is 0 Å². The summed E-state index contributed by atoms with van der Waals surface area (Å²) in [6.07, 6.45) is 3.12. The van der Waals surface area contributed by atoms with Crippen LogP contribution in [0.1, 0.15) is 16.1 Å². The van der Waals surface area contributed by atoms with Crippen LogP contribution in [0, 0.1) is 6.92 Å². The number of nitrogens with zero attached hydrogens (tertiary/aromatic N) is 1. The molecule has 2 heterocycles. The summed E-state index contributed by atoms with van der Waals surface area (Å²) >= 11 is 0. The van der Waals surface area contributed by atoms with Crippen LogP contribution < -0.4 is 10.7 Å². The zero-order valence-corrected chi connectivity index (χ0v) is 11.3. The Balaban J connectivity index is 1.99. The minimum atomic E-state index is -0.484. The molecule has 0 aliphatic rings. The minimum absolute atomic E-state index is 0.0276. The maximum atomic E-state index is 12.1. The summed E-state index contributed by atoms with van der Waals surface area (Å²) in [6, 6.07) is 9.86. The molecule has 5 heteroatoms. The number of benzene rings is 1. The maximum Gasteiger partial charge on any atom is 0.291 e. The van der Waals surface area contributed by atoms with Crippen LogP contribution in [0.15, 0.2) is 58.0 Å². The monoisotopic (exact) mass is 280 g/mol. The van der Waals surface area contributed by atoms with Crippen molar-refractivity contribution in [3.05, 3.63) is 70.3 Å². The van der Waals surface area contributed by atoms with Gasteiger partial charge in [-0.15, -0.1) is 0 Å². The molecule has 21 heavy (non-hydrogen) atoms. The normalized spacial score (nSPS) is 10.5. The zero-order chi connectivity index (χ0) is 14.8. The van der Waals surface area contributed by atoms with Crippen molar-refractivity contribution in [2.24, 2.45) is 0 Å². The SMILES string of the molecule is Cc1ccc2oc(C(=O)Nc3cccnc3)cc(=O)c2c1. The number of rotatable bonds is 2. The lowest BCUT2D eigenvalue weighted by Crippen LogP contribution is -2.15. The number of carbonyl (C=O) groups excluding carboxylic acids is 1. The highest BCUT2D eigenvalue weighted by molar-refractivity contribution is 6.02. The second kappa shape index (κ2) is 5.20. The molecule has 1 aromatic carbocycles. The van der Waals surface area contributed by atoms with Crippen LogP contribution in [0.25, 0.3) is 11.0 Å². The van der Waals surface area contributed by atoms with E-state index in [2.05, 4.69) is 10.3 Å². The van der Waals surface area contributed by atoms with Crippen molar-refractivity contribution in [1.82, 2.24) is 4.98 Å². The first-order chi connectivity index (χ1) is 10.1. The van der Waals surface area contributed by atoms with Crippen LogP contribution in [0.3, 0.4) is 0 Å². The first-order valence-corrected chi connectivity index (χ1v) is 6.39. The molecule has 0 bridgehead atoms. The molecule has 0 saturated heterocycles. The molecule has 0 fully saturated rings. The summed E-state index contributed by atoms with van der Waals surface area (Å²) in [6.45, 7) is 1.89. The largest absolute Gasteiger partial charge is 0.451 e. The Morgan fingerprint density at radius 3 is 2.86 bits per heavy atom. The van der Waals surface area contributed by atoms with Crippen LogP contribution in [0.4, 0.5) is 5.69 Å². The molecule has 1 N–H and O–H groups in total. The molecule has 0 atom stereocenters. The Hall–Kier alpha value is -2.95.